The van der Waals surface area contributed by atoms with E-state index in [9.17, 15) is 4.79 Å². The monoisotopic (exact) mass is 486 g/mol. The topological polar surface area (TPSA) is 95.5 Å². The highest BCUT2D eigenvalue weighted by atomic mass is 16.5. The number of para-hydroxylation sites is 2. The maximum absolute atomic E-state index is 11.1. The fraction of sp³-hybridized carbons (Fsp3) is 0.286. The van der Waals surface area contributed by atoms with Crippen molar-refractivity contribution in [1.29, 1.82) is 0 Å². The highest BCUT2D eigenvalue weighted by Gasteiger charge is 2.05. The van der Waals surface area contributed by atoms with Crippen LogP contribution in [0, 0.1) is 0 Å². The van der Waals surface area contributed by atoms with Crippen LogP contribution in [0.15, 0.2) is 73.1 Å². The molecule has 2 aromatic heterocycles. The summed E-state index contributed by atoms with van der Waals surface area (Å²) in [5, 5.41) is 2.75. The quantitative estimate of drug-likeness (QED) is 0.282. The van der Waals surface area contributed by atoms with E-state index in [1.165, 1.54) is 0 Å². The molecule has 2 aromatic carbocycles. The lowest BCUT2D eigenvalue weighted by molar-refractivity contribution is -0.121. The van der Waals surface area contributed by atoms with E-state index in [0.717, 1.165) is 33.4 Å². The SMILES string of the molecule is CCC(=O)NCCOCCOCCOc1ccc(-c2ccc(-c3cnc4ccccc4n3)cc2)cn1. The van der Waals surface area contributed by atoms with Crippen molar-refractivity contribution in [2.24, 2.45) is 0 Å². The molecule has 0 aliphatic heterocycles. The summed E-state index contributed by atoms with van der Waals surface area (Å²) in [5.41, 5.74) is 5.69. The third kappa shape index (κ3) is 7.31. The lowest BCUT2D eigenvalue weighted by Gasteiger charge is -2.09. The molecule has 0 spiro atoms. The Kier molecular flexibility index (Phi) is 9.30. The number of nitrogens with zero attached hydrogens (tertiary/aromatic N) is 3. The fourth-order valence-electron chi connectivity index (χ4n) is 3.48. The molecule has 0 fully saturated rings. The smallest absolute Gasteiger partial charge is 0.219 e. The molecule has 8 heteroatoms. The minimum absolute atomic E-state index is 0.0267. The Morgan fingerprint density at radius 3 is 2.19 bits per heavy atom. The van der Waals surface area contributed by atoms with Gasteiger partial charge in [-0.3, -0.25) is 9.78 Å². The Labute approximate surface area is 210 Å². The van der Waals surface area contributed by atoms with E-state index in [1.807, 2.05) is 55.5 Å². The number of amides is 1. The first-order valence-corrected chi connectivity index (χ1v) is 12.1. The van der Waals surface area contributed by atoms with Crippen LogP contribution in [0.25, 0.3) is 33.4 Å². The van der Waals surface area contributed by atoms with Gasteiger partial charge in [0.1, 0.15) is 6.61 Å². The van der Waals surface area contributed by atoms with Crippen LogP contribution in [0.5, 0.6) is 5.88 Å². The zero-order valence-electron chi connectivity index (χ0n) is 20.4. The number of fused-ring (bicyclic) bond motifs is 1. The number of hydrogen-bond acceptors (Lipinski definition) is 7. The second-order valence-corrected chi connectivity index (χ2v) is 7.98. The van der Waals surface area contributed by atoms with Crippen molar-refractivity contribution in [2.75, 3.05) is 39.6 Å². The van der Waals surface area contributed by atoms with Crippen LogP contribution in [-0.4, -0.2) is 60.4 Å². The summed E-state index contributed by atoms with van der Waals surface area (Å²) in [7, 11) is 0. The molecule has 1 N–H and O–H groups in total. The van der Waals surface area contributed by atoms with Crippen LogP contribution in [0.1, 0.15) is 13.3 Å². The summed E-state index contributed by atoms with van der Waals surface area (Å²) in [4.78, 5) is 24.7. The van der Waals surface area contributed by atoms with Crippen LogP contribution < -0.4 is 10.1 Å². The Morgan fingerprint density at radius 1 is 0.750 bits per heavy atom. The highest BCUT2D eigenvalue weighted by molar-refractivity contribution is 5.77. The summed E-state index contributed by atoms with van der Waals surface area (Å²) in [6.07, 6.45) is 4.08. The number of benzene rings is 2. The fourth-order valence-corrected chi connectivity index (χ4v) is 3.48. The average Bonchev–Trinajstić information content (AvgIpc) is 2.94. The van der Waals surface area contributed by atoms with E-state index in [4.69, 9.17) is 19.2 Å². The third-order valence-electron chi connectivity index (χ3n) is 5.44. The molecule has 36 heavy (non-hydrogen) atoms. The molecule has 4 rings (SSSR count). The first kappa shape index (κ1) is 25.2. The molecule has 0 bridgehead atoms. The van der Waals surface area contributed by atoms with Gasteiger partial charge in [0.15, 0.2) is 0 Å². The largest absolute Gasteiger partial charge is 0.475 e. The Morgan fingerprint density at radius 2 is 1.44 bits per heavy atom. The molecule has 0 saturated carbocycles. The van der Waals surface area contributed by atoms with Crippen molar-refractivity contribution in [3.63, 3.8) is 0 Å². The number of carbonyl (C=O) groups is 1. The molecule has 1 amide bonds. The van der Waals surface area contributed by atoms with Gasteiger partial charge in [-0.1, -0.05) is 43.3 Å². The van der Waals surface area contributed by atoms with Gasteiger partial charge in [0.05, 0.1) is 49.4 Å². The Bertz CT molecular complexity index is 1250. The molecule has 0 radical (unpaired) electrons. The predicted molar refractivity (Wildman–Crippen MR) is 139 cm³/mol. The van der Waals surface area contributed by atoms with Gasteiger partial charge in [0, 0.05) is 36.4 Å². The maximum atomic E-state index is 11.1. The number of pyridine rings is 1. The number of nitrogens with one attached hydrogen (secondary N) is 1. The van der Waals surface area contributed by atoms with Crippen LogP contribution in [-0.2, 0) is 14.3 Å². The number of aromatic nitrogens is 3. The summed E-state index contributed by atoms with van der Waals surface area (Å²) in [6.45, 7) is 4.60. The third-order valence-corrected chi connectivity index (χ3v) is 5.44. The van der Waals surface area contributed by atoms with E-state index in [1.54, 1.807) is 12.4 Å². The predicted octanol–water partition coefficient (Wildman–Crippen LogP) is 4.30. The molecular weight excluding hydrogens is 456 g/mol. The molecule has 4 aromatic rings. The first-order chi connectivity index (χ1) is 17.7. The first-order valence-electron chi connectivity index (χ1n) is 12.1. The van der Waals surface area contributed by atoms with E-state index in [2.05, 4.69) is 27.4 Å². The standard InChI is InChI=1S/C28H30N4O4/c1-2-27(33)29-13-14-34-15-16-35-17-18-36-28-12-11-23(19-31-28)21-7-9-22(10-8-21)26-20-30-24-5-3-4-6-25(24)32-26/h3-12,19-20H,2,13-18H2,1H3,(H,29,33). The van der Waals surface area contributed by atoms with Crippen LogP contribution in [0.3, 0.4) is 0 Å². The van der Waals surface area contributed by atoms with Crippen molar-refractivity contribution in [3.05, 3.63) is 73.1 Å². The molecule has 186 valence electrons. The minimum Gasteiger partial charge on any atom is -0.475 e. The lowest BCUT2D eigenvalue weighted by atomic mass is 10.0. The zero-order valence-corrected chi connectivity index (χ0v) is 20.4. The second-order valence-electron chi connectivity index (χ2n) is 7.98. The summed E-state index contributed by atoms with van der Waals surface area (Å²) in [6, 6.07) is 19.9. The molecule has 0 unspecified atom stereocenters. The van der Waals surface area contributed by atoms with Gasteiger partial charge in [0.25, 0.3) is 0 Å². The van der Waals surface area contributed by atoms with E-state index in [-0.39, 0.29) is 5.91 Å². The summed E-state index contributed by atoms with van der Waals surface area (Å²) < 4.78 is 16.5. The molecule has 0 atom stereocenters. The van der Waals surface area contributed by atoms with Crippen molar-refractivity contribution in [3.8, 4) is 28.3 Å². The van der Waals surface area contributed by atoms with Gasteiger partial charge in [-0.15, -0.1) is 0 Å². The van der Waals surface area contributed by atoms with E-state index < -0.39 is 0 Å². The maximum Gasteiger partial charge on any atom is 0.219 e. The van der Waals surface area contributed by atoms with Crippen molar-refractivity contribution >= 4 is 16.9 Å². The van der Waals surface area contributed by atoms with E-state index >= 15 is 0 Å². The van der Waals surface area contributed by atoms with Crippen molar-refractivity contribution < 1.29 is 19.0 Å². The normalized spacial score (nSPS) is 10.9. The number of rotatable bonds is 13. The summed E-state index contributed by atoms with van der Waals surface area (Å²) in [5.74, 6) is 0.576. The number of hydrogen-bond donors (Lipinski definition) is 1. The van der Waals surface area contributed by atoms with Gasteiger partial charge in [0.2, 0.25) is 11.8 Å². The van der Waals surface area contributed by atoms with Gasteiger partial charge in [-0.2, -0.15) is 0 Å². The van der Waals surface area contributed by atoms with Crippen molar-refractivity contribution in [1.82, 2.24) is 20.3 Å². The van der Waals surface area contributed by atoms with Crippen LogP contribution >= 0.6 is 0 Å². The van der Waals surface area contributed by atoms with Gasteiger partial charge >= 0.3 is 0 Å². The molecule has 8 nitrogen and oxygen atoms in total. The Balaban J connectivity index is 1.18. The van der Waals surface area contributed by atoms with Crippen LogP contribution in [0.2, 0.25) is 0 Å². The van der Waals surface area contributed by atoms with Gasteiger partial charge in [-0.25, -0.2) is 9.97 Å². The molecular formula is C28H30N4O4. The molecule has 2 heterocycles. The average molecular weight is 487 g/mol. The van der Waals surface area contributed by atoms with Gasteiger partial charge in [-0.05, 0) is 23.8 Å². The van der Waals surface area contributed by atoms with E-state index in [0.29, 0.717) is 51.9 Å². The molecule has 0 aliphatic carbocycles. The number of ether oxygens (including phenoxy) is 3. The van der Waals surface area contributed by atoms with Gasteiger partial charge < -0.3 is 19.5 Å². The number of carbonyl (C=O) groups excluding carboxylic acids is 1. The second kappa shape index (κ2) is 13.3. The summed E-state index contributed by atoms with van der Waals surface area (Å²) >= 11 is 0. The zero-order chi connectivity index (χ0) is 25.0. The molecule has 0 aliphatic rings. The molecule has 0 saturated heterocycles. The van der Waals surface area contributed by atoms with Crippen molar-refractivity contribution in [2.45, 2.75) is 13.3 Å². The lowest BCUT2D eigenvalue weighted by Crippen LogP contribution is -2.26. The minimum atomic E-state index is 0.0267. The Hall–Kier alpha value is -3.88. The highest BCUT2D eigenvalue weighted by Crippen LogP contribution is 2.25. The van der Waals surface area contributed by atoms with Crippen LogP contribution in [0.4, 0.5) is 0 Å².